The van der Waals surface area contributed by atoms with E-state index in [1.807, 2.05) is 11.9 Å². The van der Waals surface area contributed by atoms with Crippen LogP contribution in [0.15, 0.2) is 60.9 Å². The van der Waals surface area contributed by atoms with Crippen LogP contribution in [0.3, 0.4) is 0 Å². The maximum atomic E-state index is 13.8. The van der Waals surface area contributed by atoms with E-state index < -0.39 is 59.5 Å². The standard InChI is InChI=1S/C14H10F3N5.C14H7F3N4.CH3.Al.ClH.H2N/c15-8-3-4-9(16)12(17)7(8)6-11-21-13(14(18)19)10-2-1-5-20-22(10)11;15-9-3-4-10(16)14(17)8(9)6-13-20-11(7-18)12-2-1-5-19-21(12)13;;;;/h1-5H,6H2,(H3,18,19);1-5H,6H2;1H3;;1H;1H2/q;;;+2;;-1/p-1. The number of amidine groups is 1. The number of nitrogen functional groups attached to an aromatic ring is 1. The van der Waals surface area contributed by atoms with Gasteiger partial charge in [-0.15, -0.1) is 0 Å². The van der Waals surface area contributed by atoms with Crippen molar-refractivity contribution in [3.05, 3.63) is 130 Å². The van der Waals surface area contributed by atoms with E-state index in [0.29, 0.717) is 11.0 Å². The lowest BCUT2D eigenvalue weighted by Crippen LogP contribution is -2.12. The van der Waals surface area contributed by atoms with Gasteiger partial charge in [0.1, 0.15) is 46.4 Å². The van der Waals surface area contributed by atoms with Crippen molar-refractivity contribution < 1.29 is 26.3 Å². The Labute approximate surface area is 271 Å². The van der Waals surface area contributed by atoms with Crippen molar-refractivity contribution >= 4 is 40.4 Å². The van der Waals surface area contributed by atoms with Crippen LogP contribution in [0, 0.1) is 51.6 Å². The van der Waals surface area contributed by atoms with Gasteiger partial charge < -0.3 is 10.5 Å². The SMILES string of the molecule is N#Cc1nc(Cc2c(F)ccc(F)c2F)n2ncccc12.N=C(N)c1nc(Cc2c(F)ccc(F)c2F)n2ncccc12.[CH3][Al]([NH2])[Cl]. The zero-order valence-electron chi connectivity index (χ0n) is 24.2. The highest BCUT2D eigenvalue weighted by atomic mass is 35.6. The van der Waals surface area contributed by atoms with Crippen LogP contribution in [0.4, 0.5) is 26.3 Å². The zero-order chi connectivity index (χ0) is 34.4. The van der Waals surface area contributed by atoms with Gasteiger partial charge in [-0.25, -0.2) is 55.4 Å². The quantitative estimate of drug-likeness (QED) is 0.0762. The van der Waals surface area contributed by atoms with E-state index in [-0.39, 0.29) is 41.7 Å². The molecule has 10 nitrogen and oxygen atoms in total. The van der Waals surface area contributed by atoms with Crippen LogP contribution in [0.2, 0.25) is 5.79 Å². The topological polar surface area (TPSA) is 160 Å². The summed E-state index contributed by atoms with van der Waals surface area (Å²) < 4.78 is 89.0. The third kappa shape index (κ3) is 7.87. The maximum absolute atomic E-state index is 13.8. The van der Waals surface area contributed by atoms with Crippen LogP contribution in [-0.4, -0.2) is 48.5 Å². The molecule has 6 aromatic rings. The van der Waals surface area contributed by atoms with E-state index in [0.717, 1.165) is 24.3 Å². The van der Waals surface area contributed by atoms with Crippen LogP contribution in [0.5, 0.6) is 0 Å². The van der Waals surface area contributed by atoms with Crippen LogP contribution in [0.25, 0.3) is 11.0 Å². The summed E-state index contributed by atoms with van der Waals surface area (Å²) in [7, 11) is 5.19. The van der Waals surface area contributed by atoms with Crippen molar-refractivity contribution in [3.8, 4) is 6.07 Å². The number of nitriles is 1. The molecule has 0 bridgehead atoms. The number of aromatic nitrogens is 6. The minimum Gasteiger partial charge on any atom is -0.400 e. The first-order valence-corrected chi connectivity index (χ1v) is 16.9. The minimum absolute atomic E-state index is 0.0929. The highest BCUT2D eigenvalue weighted by Crippen LogP contribution is 2.22. The van der Waals surface area contributed by atoms with Crippen molar-refractivity contribution in [1.29, 1.82) is 10.7 Å². The first-order valence-electron chi connectivity index (χ1n) is 13.4. The van der Waals surface area contributed by atoms with E-state index >= 15 is 0 Å². The lowest BCUT2D eigenvalue weighted by Gasteiger charge is -2.04. The summed E-state index contributed by atoms with van der Waals surface area (Å²) in [6.07, 6.45) is 2.29. The number of nitrogens with zero attached hydrogens (tertiary/aromatic N) is 7. The van der Waals surface area contributed by atoms with Gasteiger partial charge in [0, 0.05) is 36.4 Å². The van der Waals surface area contributed by atoms with E-state index in [1.54, 1.807) is 24.3 Å². The molecule has 6 rings (SSSR count). The molecule has 0 amide bonds. The molecular formula is C29H22AlClF6N10. The van der Waals surface area contributed by atoms with Gasteiger partial charge in [-0.3, -0.25) is 5.41 Å². The Morgan fingerprint density at radius 1 is 0.809 bits per heavy atom. The summed E-state index contributed by atoms with van der Waals surface area (Å²) >= 11 is -1.17. The molecule has 0 saturated heterocycles. The molecule has 0 spiro atoms. The Hall–Kier alpha value is -5.00. The second-order valence-electron chi connectivity index (χ2n) is 9.59. The van der Waals surface area contributed by atoms with Crippen molar-refractivity contribution in [2.75, 3.05) is 0 Å². The normalized spacial score (nSPS) is 10.6. The molecule has 0 unspecified atom stereocenters. The Morgan fingerprint density at radius 3 is 1.70 bits per heavy atom. The number of benzene rings is 2. The first-order chi connectivity index (χ1) is 22.3. The van der Waals surface area contributed by atoms with E-state index in [2.05, 4.69) is 20.2 Å². The van der Waals surface area contributed by atoms with Crippen molar-refractivity contribution in [1.82, 2.24) is 29.2 Å². The van der Waals surface area contributed by atoms with Crippen molar-refractivity contribution in [2.24, 2.45) is 10.5 Å². The van der Waals surface area contributed by atoms with Gasteiger partial charge >= 0.3 is 13.4 Å². The minimum atomic E-state index is -1.27. The smallest absolute Gasteiger partial charge is 0.400 e. The van der Waals surface area contributed by atoms with Crippen LogP contribution < -0.4 is 10.5 Å². The summed E-state index contributed by atoms with van der Waals surface area (Å²) in [4.78, 5) is 8.09. The van der Waals surface area contributed by atoms with Crippen LogP contribution in [-0.2, 0) is 12.8 Å². The molecule has 0 saturated carbocycles. The average molecular weight is 687 g/mol. The number of imidazole rings is 2. The number of hydrogen-bond acceptors (Lipinski definition) is 7. The molecule has 47 heavy (non-hydrogen) atoms. The molecular weight excluding hydrogens is 665 g/mol. The summed E-state index contributed by atoms with van der Waals surface area (Å²) in [6, 6.07) is 11.5. The lowest BCUT2D eigenvalue weighted by molar-refractivity contribution is 0.481. The van der Waals surface area contributed by atoms with Gasteiger partial charge in [0.05, 0.1) is 5.52 Å². The first kappa shape index (κ1) is 34.9. The van der Waals surface area contributed by atoms with Gasteiger partial charge in [-0.2, -0.15) is 15.5 Å². The third-order valence-corrected chi connectivity index (χ3v) is 6.27. The van der Waals surface area contributed by atoms with Crippen LogP contribution in [0.1, 0.15) is 34.2 Å². The number of halogens is 7. The van der Waals surface area contributed by atoms with Gasteiger partial charge in [-0.1, -0.05) is 5.79 Å². The molecule has 0 atom stereocenters. The van der Waals surface area contributed by atoms with E-state index in [4.69, 9.17) is 31.2 Å². The highest BCUT2D eigenvalue weighted by molar-refractivity contribution is 7.04. The van der Waals surface area contributed by atoms with Gasteiger partial charge in [0.2, 0.25) is 0 Å². The number of fused-ring (bicyclic) bond motifs is 2. The Balaban J connectivity index is 0.000000191. The molecule has 0 fully saturated rings. The molecule has 0 aliphatic heterocycles. The van der Waals surface area contributed by atoms with Gasteiger partial charge in [-0.05, 0) is 48.5 Å². The van der Waals surface area contributed by atoms with E-state index in [9.17, 15) is 26.3 Å². The largest absolute Gasteiger partial charge is 0.494 e. The number of rotatable bonds is 5. The Bertz CT molecular complexity index is 2130. The predicted molar refractivity (Wildman–Crippen MR) is 162 cm³/mol. The molecule has 4 heterocycles. The second-order valence-corrected chi connectivity index (χ2v) is 13.0. The number of nitrogens with one attached hydrogen (secondary N) is 1. The molecule has 2 aromatic carbocycles. The molecule has 18 heteroatoms. The van der Waals surface area contributed by atoms with E-state index in [1.165, 1.54) is 21.4 Å². The Kier molecular flexibility index (Phi) is 11.2. The summed E-state index contributed by atoms with van der Waals surface area (Å²) in [6.45, 7) is 0. The summed E-state index contributed by atoms with van der Waals surface area (Å²) in [5.74, 6) is -4.69. The zero-order valence-corrected chi connectivity index (χ0v) is 26.1. The van der Waals surface area contributed by atoms with Crippen molar-refractivity contribution in [3.63, 3.8) is 0 Å². The molecule has 0 aliphatic carbocycles. The fourth-order valence-electron chi connectivity index (χ4n) is 4.27. The third-order valence-electron chi connectivity index (χ3n) is 6.27. The molecule has 0 aliphatic rings. The van der Waals surface area contributed by atoms with Crippen molar-refractivity contribution in [2.45, 2.75) is 18.6 Å². The highest BCUT2D eigenvalue weighted by Gasteiger charge is 2.21. The fourth-order valence-corrected chi connectivity index (χ4v) is 4.27. The fraction of sp³-hybridized carbons (Fsp3) is 0.103. The molecule has 4 aromatic heterocycles. The monoisotopic (exact) mass is 686 g/mol. The maximum Gasteiger partial charge on any atom is 0.494 e. The van der Waals surface area contributed by atoms with Gasteiger partial charge in [0.15, 0.2) is 29.0 Å². The second kappa shape index (κ2) is 15.1. The average Bonchev–Trinajstić information content (AvgIpc) is 3.60. The van der Waals surface area contributed by atoms with Gasteiger partial charge in [0.25, 0.3) is 0 Å². The number of nitrogens with two attached hydrogens (primary N) is 2. The summed E-state index contributed by atoms with van der Waals surface area (Å²) in [5.41, 5.74) is 5.65. The predicted octanol–water partition coefficient (Wildman–Crippen LogP) is 4.93. The summed E-state index contributed by atoms with van der Waals surface area (Å²) in [5, 5.41) is 24.5. The Morgan fingerprint density at radius 2 is 1.23 bits per heavy atom. The molecule has 240 valence electrons. The lowest BCUT2D eigenvalue weighted by atomic mass is 10.1. The van der Waals surface area contributed by atoms with Crippen LogP contribution >= 0.6 is 10.0 Å². The molecule has 5 N–H and O–H groups in total. The molecule has 0 radical (unpaired) electrons. The number of hydrogen-bond donors (Lipinski definition) is 3.